The Morgan fingerprint density at radius 3 is 1.97 bits per heavy atom. The first-order valence-electron chi connectivity index (χ1n) is 12.5. The minimum absolute atomic E-state index is 0.0222. The molecule has 0 bridgehead atoms. The fraction of sp³-hybridized carbons (Fsp3) is 0. The van der Waals surface area contributed by atoms with Crippen LogP contribution in [0.4, 0.5) is 11.4 Å². The van der Waals surface area contributed by atoms with Gasteiger partial charge in [0.05, 0.1) is 11.4 Å². The second-order valence-electron chi connectivity index (χ2n) is 9.55. The van der Waals surface area contributed by atoms with Crippen LogP contribution in [0, 0.1) is 0 Å². The van der Waals surface area contributed by atoms with Gasteiger partial charge in [0, 0.05) is 41.1 Å². The highest BCUT2D eigenvalue weighted by Crippen LogP contribution is 2.46. The van der Waals surface area contributed by atoms with Crippen LogP contribution < -0.4 is 15.7 Å². The predicted octanol–water partition coefficient (Wildman–Crippen LogP) is 5.84. The van der Waals surface area contributed by atoms with Gasteiger partial charge in [0.2, 0.25) is 0 Å². The van der Waals surface area contributed by atoms with Gasteiger partial charge in [0.1, 0.15) is 0 Å². The summed E-state index contributed by atoms with van der Waals surface area (Å²) in [5.74, 6) is 0. The molecule has 0 saturated carbocycles. The molecule has 4 aromatic carbocycles. The third-order valence-electron chi connectivity index (χ3n) is 7.57. The monoisotopic (exact) mass is 472 g/mol. The number of para-hydroxylation sites is 2. The van der Waals surface area contributed by atoms with Crippen molar-refractivity contribution >= 4 is 29.1 Å². The maximum absolute atomic E-state index is 4.65. The molecule has 4 heterocycles. The maximum atomic E-state index is 4.65. The van der Waals surface area contributed by atoms with E-state index in [2.05, 4.69) is 106 Å². The van der Waals surface area contributed by atoms with Crippen LogP contribution in [0.5, 0.6) is 0 Å². The van der Waals surface area contributed by atoms with Gasteiger partial charge in [0.15, 0.2) is 0 Å². The zero-order chi connectivity index (χ0) is 24.3. The third kappa shape index (κ3) is 2.98. The lowest BCUT2D eigenvalue weighted by atomic mass is 9.43. The van der Waals surface area contributed by atoms with Crippen molar-refractivity contribution in [3.63, 3.8) is 0 Å². The van der Waals surface area contributed by atoms with Gasteiger partial charge in [0.25, 0.3) is 0 Å². The SMILES string of the molecule is c1ccc(-c2ccc3c(c2)B2c4cc(-n5cccn5)ccc4-c4ccccc4N2c2ccccc2-3)nc1. The van der Waals surface area contributed by atoms with E-state index in [0.29, 0.717) is 0 Å². The molecule has 5 heteroatoms. The van der Waals surface area contributed by atoms with E-state index >= 15 is 0 Å². The molecule has 6 aromatic rings. The lowest BCUT2D eigenvalue weighted by Crippen LogP contribution is -2.59. The minimum atomic E-state index is 0.0222. The van der Waals surface area contributed by atoms with E-state index in [1.807, 2.05) is 41.5 Å². The normalized spacial score (nSPS) is 12.8. The molecule has 0 amide bonds. The number of aromatic nitrogens is 3. The van der Waals surface area contributed by atoms with E-state index in [1.54, 1.807) is 0 Å². The van der Waals surface area contributed by atoms with E-state index < -0.39 is 0 Å². The summed E-state index contributed by atoms with van der Waals surface area (Å²) in [6.45, 7) is 0.0222. The summed E-state index contributed by atoms with van der Waals surface area (Å²) in [6, 6.07) is 39.1. The largest absolute Gasteiger partial charge is 0.376 e. The standard InChI is InChI=1S/C32H21BN4/c1-3-11-31-26(8-1)24-15-13-22(30-10-5-6-17-34-30)20-28(24)33-29-21-23(36-19-7-18-35-36)14-16-25(29)27-9-2-4-12-32(27)37(31)33/h1-21H. The Kier molecular flexibility index (Phi) is 4.28. The summed E-state index contributed by atoms with van der Waals surface area (Å²) in [7, 11) is 0. The highest BCUT2D eigenvalue weighted by molar-refractivity contribution is 6.92. The van der Waals surface area contributed by atoms with Crippen LogP contribution in [0.15, 0.2) is 128 Å². The number of fused-ring (bicyclic) bond motifs is 11. The second-order valence-corrected chi connectivity index (χ2v) is 9.55. The van der Waals surface area contributed by atoms with Crippen LogP contribution in [0.2, 0.25) is 0 Å². The third-order valence-corrected chi connectivity index (χ3v) is 7.57. The average molecular weight is 472 g/mol. The molecule has 0 fully saturated rings. The van der Waals surface area contributed by atoms with Crippen LogP contribution in [0.25, 0.3) is 39.2 Å². The van der Waals surface area contributed by atoms with Crippen LogP contribution in [0.1, 0.15) is 0 Å². The van der Waals surface area contributed by atoms with Gasteiger partial charge in [-0.25, -0.2) is 4.68 Å². The number of nitrogens with zero attached hydrogens (tertiary/aromatic N) is 4. The van der Waals surface area contributed by atoms with Gasteiger partial charge < -0.3 is 4.81 Å². The molecule has 8 rings (SSSR count). The predicted molar refractivity (Wildman–Crippen MR) is 151 cm³/mol. The van der Waals surface area contributed by atoms with E-state index in [4.69, 9.17) is 0 Å². The van der Waals surface area contributed by atoms with Gasteiger partial charge in [-0.2, -0.15) is 5.10 Å². The number of pyridine rings is 1. The van der Waals surface area contributed by atoms with Crippen molar-refractivity contribution in [2.24, 2.45) is 0 Å². The quantitative estimate of drug-likeness (QED) is 0.297. The number of benzene rings is 4. The van der Waals surface area contributed by atoms with Crippen LogP contribution in [-0.2, 0) is 0 Å². The molecule has 2 aliphatic heterocycles. The number of hydrogen-bond donors (Lipinski definition) is 0. The van der Waals surface area contributed by atoms with Gasteiger partial charge in [-0.05, 0) is 70.1 Å². The summed E-state index contributed by atoms with van der Waals surface area (Å²) in [6.07, 6.45) is 5.69. The Labute approximate surface area is 215 Å². The zero-order valence-electron chi connectivity index (χ0n) is 20.0. The highest BCUT2D eigenvalue weighted by Gasteiger charge is 2.42. The first-order chi connectivity index (χ1) is 18.4. The van der Waals surface area contributed by atoms with Gasteiger partial charge in [-0.1, -0.05) is 66.7 Å². The van der Waals surface area contributed by atoms with Crippen molar-refractivity contribution in [1.29, 1.82) is 0 Å². The van der Waals surface area contributed by atoms with E-state index in [9.17, 15) is 0 Å². The minimum Gasteiger partial charge on any atom is -0.376 e. The van der Waals surface area contributed by atoms with E-state index in [0.717, 1.165) is 16.9 Å². The maximum Gasteiger partial charge on any atom is 0.329 e. The number of anilines is 2. The summed E-state index contributed by atoms with van der Waals surface area (Å²) >= 11 is 0. The van der Waals surface area contributed by atoms with Crippen LogP contribution in [0.3, 0.4) is 0 Å². The first-order valence-corrected chi connectivity index (χ1v) is 12.5. The Hall–Kier alpha value is -4.90. The van der Waals surface area contributed by atoms with Crippen molar-refractivity contribution < 1.29 is 0 Å². The molecule has 0 unspecified atom stereocenters. The summed E-state index contributed by atoms with van der Waals surface area (Å²) in [4.78, 5) is 7.17. The van der Waals surface area contributed by atoms with E-state index in [-0.39, 0.29) is 6.85 Å². The van der Waals surface area contributed by atoms with Gasteiger partial charge in [-0.15, -0.1) is 0 Å². The smallest absolute Gasteiger partial charge is 0.329 e. The first kappa shape index (κ1) is 20.3. The Bertz CT molecular complexity index is 1790. The molecule has 37 heavy (non-hydrogen) atoms. The molecule has 2 aliphatic rings. The fourth-order valence-electron chi connectivity index (χ4n) is 5.99. The lowest BCUT2D eigenvalue weighted by Gasteiger charge is -2.43. The summed E-state index contributed by atoms with van der Waals surface area (Å²) in [5.41, 5.74) is 13.2. The van der Waals surface area contributed by atoms with Gasteiger partial charge >= 0.3 is 6.85 Å². The van der Waals surface area contributed by atoms with Crippen molar-refractivity contribution in [3.8, 4) is 39.2 Å². The van der Waals surface area contributed by atoms with Crippen molar-refractivity contribution in [2.45, 2.75) is 0 Å². The average Bonchev–Trinajstić information content (AvgIpc) is 3.52. The number of hydrogen-bond acceptors (Lipinski definition) is 3. The van der Waals surface area contributed by atoms with Crippen molar-refractivity contribution in [3.05, 3.63) is 128 Å². The van der Waals surface area contributed by atoms with Crippen LogP contribution in [-0.4, -0.2) is 21.6 Å². The molecule has 0 aliphatic carbocycles. The Morgan fingerprint density at radius 1 is 0.568 bits per heavy atom. The van der Waals surface area contributed by atoms with Gasteiger partial charge in [-0.3, -0.25) is 4.98 Å². The molecule has 2 aromatic heterocycles. The molecule has 0 N–H and O–H groups in total. The van der Waals surface area contributed by atoms with Crippen LogP contribution >= 0.6 is 0 Å². The Morgan fingerprint density at radius 2 is 1.27 bits per heavy atom. The van der Waals surface area contributed by atoms with Crippen molar-refractivity contribution in [2.75, 3.05) is 4.81 Å². The summed E-state index contributed by atoms with van der Waals surface area (Å²) < 4.78 is 1.94. The summed E-state index contributed by atoms with van der Waals surface area (Å²) in [5, 5.41) is 4.51. The molecule has 0 atom stereocenters. The fourth-order valence-corrected chi connectivity index (χ4v) is 5.99. The molecule has 0 spiro atoms. The molecular weight excluding hydrogens is 451 g/mol. The highest BCUT2D eigenvalue weighted by atomic mass is 15.3. The Balaban J connectivity index is 1.45. The lowest BCUT2D eigenvalue weighted by molar-refractivity contribution is 0.881. The molecule has 4 nitrogen and oxygen atoms in total. The van der Waals surface area contributed by atoms with Crippen molar-refractivity contribution in [1.82, 2.24) is 14.8 Å². The molecule has 0 saturated heterocycles. The zero-order valence-corrected chi connectivity index (χ0v) is 20.0. The number of rotatable bonds is 2. The topological polar surface area (TPSA) is 34.0 Å². The molecule has 172 valence electrons. The second kappa shape index (κ2) is 7.80. The molecular formula is C32H21BN4. The molecule has 0 radical (unpaired) electrons. The van der Waals surface area contributed by atoms with E-state index in [1.165, 1.54) is 44.6 Å².